The number of esters is 1. The van der Waals surface area contributed by atoms with E-state index < -0.39 is 5.91 Å². The Morgan fingerprint density at radius 1 is 1.03 bits per heavy atom. The summed E-state index contributed by atoms with van der Waals surface area (Å²) < 4.78 is 11.0. The maximum absolute atomic E-state index is 12.7. The van der Waals surface area contributed by atoms with Gasteiger partial charge in [0.15, 0.2) is 11.7 Å². The molecule has 1 fully saturated rings. The van der Waals surface area contributed by atoms with Crippen molar-refractivity contribution in [2.24, 2.45) is 0 Å². The third kappa shape index (κ3) is 7.07. The summed E-state index contributed by atoms with van der Waals surface area (Å²) in [5.41, 5.74) is 7.23. The van der Waals surface area contributed by atoms with E-state index in [4.69, 9.17) is 21.7 Å². The lowest BCUT2D eigenvalue weighted by molar-refractivity contribution is -0.139. The molecule has 4 rings (SSSR count). The van der Waals surface area contributed by atoms with Crippen LogP contribution in [0, 0.1) is 0 Å². The first kappa shape index (κ1) is 28.8. The lowest BCUT2D eigenvalue weighted by atomic mass is 9.95. The van der Waals surface area contributed by atoms with E-state index in [2.05, 4.69) is 30.0 Å². The van der Waals surface area contributed by atoms with Crippen LogP contribution in [0.25, 0.3) is 0 Å². The molecule has 1 aliphatic carbocycles. The van der Waals surface area contributed by atoms with E-state index in [1.807, 2.05) is 4.90 Å². The monoisotopic (exact) mass is 572 g/mol. The second-order valence-electron chi connectivity index (χ2n) is 9.91. The zero-order chi connectivity index (χ0) is 27.9. The van der Waals surface area contributed by atoms with Gasteiger partial charge in [-0.2, -0.15) is 0 Å². The van der Waals surface area contributed by atoms with Crippen molar-refractivity contribution in [1.82, 2.24) is 15.8 Å². The number of piperidine rings is 1. The van der Waals surface area contributed by atoms with Crippen molar-refractivity contribution in [2.45, 2.75) is 77.8 Å². The van der Waals surface area contributed by atoms with Gasteiger partial charge in [-0.1, -0.05) is 0 Å². The van der Waals surface area contributed by atoms with Crippen LogP contribution in [0.2, 0.25) is 0 Å². The van der Waals surface area contributed by atoms with Crippen molar-refractivity contribution in [3.05, 3.63) is 45.8 Å². The van der Waals surface area contributed by atoms with E-state index in [-0.39, 0.29) is 35.7 Å². The minimum atomic E-state index is -0.395. The first-order chi connectivity index (χ1) is 18.8. The topological polar surface area (TPSA) is 109 Å². The SMILES string of the molecule is CCOC(=O)c1c(NC(=S)NNC(=O)c2ccc(OCC(=O)N3C(C)CCCC3C)cc2)sc2c1CCCC2. The minimum Gasteiger partial charge on any atom is -0.484 e. The molecule has 2 atom stereocenters. The highest BCUT2D eigenvalue weighted by Crippen LogP contribution is 2.38. The van der Waals surface area contributed by atoms with E-state index >= 15 is 0 Å². The van der Waals surface area contributed by atoms with Gasteiger partial charge in [-0.15, -0.1) is 11.3 Å². The molecule has 2 unspecified atom stereocenters. The van der Waals surface area contributed by atoms with Gasteiger partial charge in [0.1, 0.15) is 10.8 Å². The summed E-state index contributed by atoms with van der Waals surface area (Å²) in [7, 11) is 0. The van der Waals surface area contributed by atoms with Crippen LogP contribution in [0.15, 0.2) is 24.3 Å². The molecule has 2 aliphatic rings. The summed E-state index contributed by atoms with van der Waals surface area (Å²) in [5.74, 6) is -0.279. The normalized spacial score (nSPS) is 18.5. The molecule has 9 nitrogen and oxygen atoms in total. The van der Waals surface area contributed by atoms with Crippen LogP contribution in [-0.2, 0) is 22.4 Å². The van der Waals surface area contributed by atoms with Crippen LogP contribution in [0.4, 0.5) is 5.00 Å². The summed E-state index contributed by atoms with van der Waals surface area (Å²) in [5, 5.41) is 3.83. The van der Waals surface area contributed by atoms with Crippen molar-refractivity contribution in [1.29, 1.82) is 0 Å². The van der Waals surface area contributed by atoms with Crippen molar-refractivity contribution < 1.29 is 23.9 Å². The Bertz CT molecular complexity index is 1200. The summed E-state index contributed by atoms with van der Waals surface area (Å²) in [6.45, 7) is 6.17. The van der Waals surface area contributed by atoms with E-state index in [0.29, 0.717) is 28.5 Å². The summed E-state index contributed by atoms with van der Waals surface area (Å²) in [6, 6.07) is 6.97. The van der Waals surface area contributed by atoms with Crippen LogP contribution in [-0.4, -0.2) is 53.1 Å². The molecule has 1 aromatic heterocycles. The summed E-state index contributed by atoms with van der Waals surface area (Å²) >= 11 is 6.87. The number of hydrogen-bond acceptors (Lipinski definition) is 7. The molecule has 0 saturated carbocycles. The fourth-order valence-corrected chi connectivity index (χ4v) is 6.73. The maximum atomic E-state index is 12.7. The minimum absolute atomic E-state index is 0.0283. The summed E-state index contributed by atoms with van der Waals surface area (Å²) in [4.78, 5) is 41.0. The molecule has 39 heavy (non-hydrogen) atoms. The van der Waals surface area contributed by atoms with Gasteiger partial charge in [0, 0.05) is 22.5 Å². The molecule has 0 radical (unpaired) electrons. The number of ether oxygens (including phenoxy) is 2. The molecular weight excluding hydrogens is 536 g/mol. The first-order valence-electron chi connectivity index (χ1n) is 13.5. The third-order valence-electron chi connectivity index (χ3n) is 7.13. The van der Waals surface area contributed by atoms with Crippen LogP contribution in [0.5, 0.6) is 5.75 Å². The number of thiophene rings is 1. The Labute approximate surface area is 238 Å². The number of hydrazine groups is 1. The average Bonchev–Trinajstić information content (AvgIpc) is 3.28. The van der Waals surface area contributed by atoms with Crippen LogP contribution in [0.3, 0.4) is 0 Å². The highest BCUT2D eigenvalue weighted by molar-refractivity contribution is 7.80. The Morgan fingerprint density at radius 3 is 2.41 bits per heavy atom. The lowest BCUT2D eigenvalue weighted by Gasteiger charge is -2.38. The number of thiocarbonyl (C=S) groups is 1. The number of aryl methyl sites for hydroxylation is 1. The molecule has 2 amide bonds. The highest BCUT2D eigenvalue weighted by Gasteiger charge is 2.29. The number of carbonyl (C=O) groups excluding carboxylic acids is 3. The number of carbonyl (C=O) groups is 3. The number of benzene rings is 1. The van der Waals surface area contributed by atoms with E-state index in [1.165, 1.54) is 16.2 Å². The molecule has 2 heterocycles. The van der Waals surface area contributed by atoms with Gasteiger partial charge in [0.05, 0.1) is 12.2 Å². The molecule has 2 aromatic rings. The highest BCUT2D eigenvalue weighted by atomic mass is 32.1. The Hall–Kier alpha value is -3.18. The van der Waals surface area contributed by atoms with Gasteiger partial charge in [-0.3, -0.25) is 20.4 Å². The standard InChI is InChI=1S/C28H36N4O5S2/c1-4-36-27(35)24-21-10-5-6-11-22(21)39-26(24)29-28(38)31-30-25(34)19-12-14-20(15-13-19)37-16-23(33)32-17(2)8-7-9-18(32)3/h12-15,17-18H,4-11,16H2,1-3H3,(H,30,34)(H2,29,31,38). The van der Waals surface area contributed by atoms with E-state index in [1.54, 1.807) is 31.2 Å². The molecule has 1 aliphatic heterocycles. The number of likely N-dealkylation sites (tertiary alicyclic amines) is 1. The zero-order valence-corrected chi connectivity index (χ0v) is 24.3. The molecule has 3 N–H and O–H groups in total. The smallest absolute Gasteiger partial charge is 0.341 e. The predicted molar refractivity (Wildman–Crippen MR) is 155 cm³/mol. The van der Waals surface area contributed by atoms with Gasteiger partial charge in [-0.05, 0) is 108 Å². The number of nitrogens with one attached hydrogen (secondary N) is 3. The number of amides is 2. The van der Waals surface area contributed by atoms with Gasteiger partial charge >= 0.3 is 5.97 Å². The van der Waals surface area contributed by atoms with Gasteiger partial charge in [-0.25, -0.2) is 4.79 Å². The lowest BCUT2D eigenvalue weighted by Crippen LogP contribution is -2.49. The number of nitrogens with zero attached hydrogens (tertiary/aromatic N) is 1. The quantitative estimate of drug-likeness (QED) is 0.251. The Kier molecular flexibility index (Phi) is 9.79. The first-order valence-corrected chi connectivity index (χ1v) is 14.7. The van der Waals surface area contributed by atoms with Crippen LogP contribution < -0.4 is 20.9 Å². The second kappa shape index (κ2) is 13.3. The Morgan fingerprint density at radius 2 is 1.72 bits per heavy atom. The number of rotatable bonds is 7. The molecule has 1 saturated heterocycles. The second-order valence-corrected chi connectivity index (χ2v) is 11.4. The predicted octanol–water partition coefficient (Wildman–Crippen LogP) is 4.60. The molecular formula is C28H36N4O5S2. The van der Waals surface area contributed by atoms with Gasteiger partial charge in [0.25, 0.3) is 11.8 Å². The number of hydrogen-bond donors (Lipinski definition) is 3. The van der Waals surface area contributed by atoms with E-state index in [0.717, 1.165) is 50.5 Å². The maximum Gasteiger partial charge on any atom is 0.341 e. The number of fused-ring (bicyclic) bond motifs is 1. The van der Waals surface area contributed by atoms with Crippen molar-refractivity contribution in [2.75, 3.05) is 18.5 Å². The molecule has 0 bridgehead atoms. The van der Waals surface area contributed by atoms with Crippen molar-refractivity contribution >= 4 is 51.5 Å². The molecule has 210 valence electrons. The van der Waals surface area contributed by atoms with Crippen LogP contribution >= 0.6 is 23.6 Å². The van der Waals surface area contributed by atoms with Crippen LogP contribution in [0.1, 0.15) is 84.0 Å². The van der Waals surface area contributed by atoms with Gasteiger partial charge < -0.3 is 19.7 Å². The summed E-state index contributed by atoms with van der Waals surface area (Å²) in [6.07, 6.45) is 7.04. The molecule has 1 aromatic carbocycles. The molecule has 0 spiro atoms. The zero-order valence-electron chi connectivity index (χ0n) is 22.6. The third-order valence-corrected chi connectivity index (χ3v) is 8.54. The Balaban J connectivity index is 1.29. The van der Waals surface area contributed by atoms with Gasteiger partial charge in [0.2, 0.25) is 0 Å². The van der Waals surface area contributed by atoms with E-state index in [9.17, 15) is 14.4 Å². The fourth-order valence-electron chi connectivity index (χ4n) is 5.23. The van der Waals surface area contributed by atoms with Crippen molar-refractivity contribution in [3.8, 4) is 5.75 Å². The fraction of sp³-hybridized carbons (Fsp3) is 0.500. The van der Waals surface area contributed by atoms with Crippen molar-refractivity contribution in [3.63, 3.8) is 0 Å². The number of anilines is 1. The molecule has 11 heteroatoms. The largest absolute Gasteiger partial charge is 0.484 e. The average molecular weight is 573 g/mol.